The van der Waals surface area contributed by atoms with Crippen LogP contribution < -0.4 is 22.5 Å². The summed E-state index contributed by atoms with van der Waals surface area (Å²) in [6, 6.07) is 9.26. The second kappa shape index (κ2) is 25.4. The third kappa shape index (κ3) is 17.4. The van der Waals surface area contributed by atoms with E-state index in [0.717, 1.165) is 12.8 Å². The standard InChI is InChI=1S/C25H47N5O6.C7H16N2O.C7H8/c1-8-15(2)23(29(5)21(32)12-16(3)26)19(35-6)13-22(33)30-11-9-10-18(30)24(36-7)17(4)25(34)28-14-20(27)31;1-5(2)6(7(8)10)9(3)4;1-7-5-3-2-4-6-7/h15-19,23-24H,8-14,26H2,1-7H3,(H2,27,31)(H,28,34);5-6H,1-4H3,(H2,8,10);2-6H,1H3. The van der Waals surface area contributed by atoms with E-state index in [1.807, 2.05) is 64.9 Å². The molecule has 0 saturated carbocycles. The monoisotopic (exact) mass is 750 g/mol. The molecule has 5 amide bonds. The number of nitrogens with two attached hydrogens (primary N) is 3. The van der Waals surface area contributed by atoms with Crippen LogP contribution in [0.3, 0.4) is 0 Å². The summed E-state index contributed by atoms with van der Waals surface area (Å²) >= 11 is 0. The summed E-state index contributed by atoms with van der Waals surface area (Å²) < 4.78 is 11.5. The average molecular weight is 750 g/mol. The SMILES string of the molecule is CC(C)C(C(N)=O)N(C)C.CCC(C)C(C(CC(=O)N1CCCC1C(OC)C(C)C(=O)NCC(N)=O)OC)N(C)C(=O)CC(C)N.Cc1ccccc1. The van der Waals surface area contributed by atoms with Crippen molar-refractivity contribution in [2.45, 2.75) is 117 Å². The molecule has 7 N–H and O–H groups in total. The van der Waals surface area contributed by atoms with E-state index < -0.39 is 24.0 Å². The van der Waals surface area contributed by atoms with E-state index >= 15 is 0 Å². The number of aryl methyl sites for hydroxylation is 1. The van der Waals surface area contributed by atoms with Gasteiger partial charge in [0, 0.05) is 40.3 Å². The Morgan fingerprint density at radius 1 is 0.943 bits per heavy atom. The van der Waals surface area contributed by atoms with Crippen molar-refractivity contribution >= 4 is 29.5 Å². The molecule has 1 aromatic rings. The number of primary amides is 2. The lowest BCUT2D eigenvalue weighted by molar-refractivity contribution is -0.146. The number of nitrogens with zero attached hydrogens (tertiary/aromatic N) is 3. The fourth-order valence-corrected chi connectivity index (χ4v) is 6.79. The van der Waals surface area contributed by atoms with Gasteiger partial charge >= 0.3 is 0 Å². The molecule has 0 spiro atoms. The molecular weight excluding hydrogens is 678 g/mol. The second-order valence-corrected chi connectivity index (χ2v) is 14.7. The van der Waals surface area contributed by atoms with Gasteiger partial charge < -0.3 is 41.8 Å². The molecule has 53 heavy (non-hydrogen) atoms. The number of hydrogen-bond acceptors (Lipinski definition) is 9. The van der Waals surface area contributed by atoms with E-state index in [1.54, 1.807) is 37.8 Å². The number of nitrogens with one attached hydrogen (secondary N) is 1. The first-order valence-electron chi connectivity index (χ1n) is 18.6. The summed E-state index contributed by atoms with van der Waals surface area (Å²) in [6.07, 6.45) is 1.54. The minimum absolute atomic E-state index is 0.0842. The third-order valence-corrected chi connectivity index (χ3v) is 9.66. The highest BCUT2D eigenvalue weighted by atomic mass is 16.5. The number of rotatable bonds is 18. The fraction of sp³-hybridized carbons (Fsp3) is 0.718. The van der Waals surface area contributed by atoms with E-state index in [4.69, 9.17) is 26.7 Å². The van der Waals surface area contributed by atoms with Gasteiger partial charge in [0.25, 0.3) is 0 Å². The van der Waals surface area contributed by atoms with Gasteiger partial charge in [-0.15, -0.1) is 0 Å². The van der Waals surface area contributed by atoms with Crippen LogP contribution in [0.5, 0.6) is 0 Å². The van der Waals surface area contributed by atoms with Crippen molar-refractivity contribution in [3.8, 4) is 0 Å². The van der Waals surface area contributed by atoms with Crippen molar-refractivity contribution in [1.29, 1.82) is 0 Å². The van der Waals surface area contributed by atoms with Crippen LogP contribution in [0.4, 0.5) is 0 Å². The highest BCUT2D eigenvalue weighted by molar-refractivity contribution is 5.85. The van der Waals surface area contributed by atoms with Crippen LogP contribution in [-0.4, -0.2) is 129 Å². The molecule has 0 aliphatic carbocycles. The van der Waals surface area contributed by atoms with Gasteiger partial charge in [-0.25, -0.2) is 0 Å². The summed E-state index contributed by atoms with van der Waals surface area (Å²) in [5.74, 6) is -1.65. The number of likely N-dealkylation sites (tertiary alicyclic amines) is 1. The molecule has 1 saturated heterocycles. The van der Waals surface area contributed by atoms with Crippen LogP contribution in [0.2, 0.25) is 0 Å². The lowest BCUT2D eigenvalue weighted by Gasteiger charge is -2.39. The summed E-state index contributed by atoms with van der Waals surface area (Å²) in [6.45, 7) is 13.9. The minimum Gasteiger partial charge on any atom is -0.379 e. The first kappa shape index (κ1) is 49.4. The molecule has 304 valence electrons. The molecule has 1 aliphatic heterocycles. The van der Waals surface area contributed by atoms with Crippen molar-refractivity contribution in [2.24, 2.45) is 35.0 Å². The van der Waals surface area contributed by atoms with Crippen molar-refractivity contribution < 1.29 is 33.4 Å². The predicted molar refractivity (Wildman–Crippen MR) is 209 cm³/mol. The summed E-state index contributed by atoms with van der Waals surface area (Å²) in [5.41, 5.74) is 17.5. The molecular formula is C39H71N7O7. The molecule has 1 aromatic carbocycles. The molecule has 1 fully saturated rings. The molecule has 8 atom stereocenters. The molecule has 0 aromatic heterocycles. The Bertz CT molecular complexity index is 1240. The molecule has 14 heteroatoms. The molecule has 0 bridgehead atoms. The Balaban J connectivity index is 0.00000129. The lowest BCUT2D eigenvalue weighted by atomic mass is 9.90. The van der Waals surface area contributed by atoms with Crippen molar-refractivity contribution in [3.05, 3.63) is 35.9 Å². The van der Waals surface area contributed by atoms with Gasteiger partial charge in [-0.1, -0.05) is 76.9 Å². The zero-order valence-corrected chi connectivity index (χ0v) is 34.5. The van der Waals surface area contributed by atoms with E-state index in [0.29, 0.717) is 13.0 Å². The van der Waals surface area contributed by atoms with Crippen molar-refractivity contribution in [1.82, 2.24) is 20.0 Å². The number of carbonyl (C=O) groups is 5. The quantitative estimate of drug-likeness (QED) is 0.174. The van der Waals surface area contributed by atoms with Gasteiger partial charge in [-0.05, 0) is 52.6 Å². The first-order valence-corrected chi connectivity index (χ1v) is 18.6. The zero-order chi connectivity index (χ0) is 41.0. The lowest BCUT2D eigenvalue weighted by Crippen LogP contribution is -2.53. The Labute approximate surface area is 318 Å². The molecule has 0 radical (unpaired) electrons. The normalized spacial score (nSPS) is 17.9. The zero-order valence-electron chi connectivity index (χ0n) is 34.5. The maximum atomic E-state index is 13.5. The van der Waals surface area contributed by atoms with Gasteiger partial charge in [-0.2, -0.15) is 0 Å². The maximum Gasteiger partial charge on any atom is 0.236 e. The van der Waals surface area contributed by atoms with Crippen LogP contribution in [0.15, 0.2) is 30.3 Å². The molecule has 14 nitrogen and oxygen atoms in total. The maximum absolute atomic E-state index is 13.5. The molecule has 2 rings (SSSR count). The van der Waals surface area contributed by atoms with Gasteiger partial charge in [0.05, 0.1) is 49.2 Å². The molecule has 8 unspecified atom stereocenters. The molecule has 1 aliphatic rings. The third-order valence-electron chi connectivity index (χ3n) is 9.66. The smallest absolute Gasteiger partial charge is 0.236 e. The van der Waals surface area contributed by atoms with Crippen LogP contribution in [-0.2, 0) is 33.4 Å². The average Bonchev–Trinajstić information content (AvgIpc) is 3.56. The Kier molecular flexibility index (Phi) is 23.7. The van der Waals surface area contributed by atoms with Gasteiger partial charge in [0.1, 0.15) is 0 Å². The van der Waals surface area contributed by atoms with E-state index in [-0.39, 0.29) is 79.0 Å². The van der Waals surface area contributed by atoms with E-state index in [2.05, 4.69) is 24.4 Å². The highest BCUT2D eigenvalue weighted by Gasteiger charge is 2.42. The van der Waals surface area contributed by atoms with Crippen molar-refractivity contribution in [2.75, 3.05) is 48.5 Å². The van der Waals surface area contributed by atoms with Gasteiger partial charge in [0.2, 0.25) is 29.5 Å². The Hall–Kier alpha value is -3.59. The number of methoxy groups -OCH3 is 2. The van der Waals surface area contributed by atoms with E-state index in [9.17, 15) is 24.0 Å². The van der Waals surface area contributed by atoms with Crippen LogP contribution in [0.25, 0.3) is 0 Å². The van der Waals surface area contributed by atoms with E-state index in [1.165, 1.54) is 12.7 Å². The largest absolute Gasteiger partial charge is 0.379 e. The number of amides is 5. The summed E-state index contributed by atoms with van der Waals surface area (Å²) in [4.78, 5) is 66.0. The number of hydrogen-bond donors (Lipinski definition) is 4. The van der Waals surface area contributed by atoms with Crippen LogP contribution in [0, 0.1) is 24.7 Å². The number of carbonyl (C=O) groups excluding carboxylic acids is 5. The Morgan fingerprint density at radius 2 is 1.53 bits per heavy atom. The molecule has 1 heterocycles. The fourth-order valence-electron chi connectivity index (χ4n) is 6.79. The summed E-state index contributed by atoms with van der Waals surface area (Å²) in [7, 11) is 8.52. The number of benzene rings is 1. The number of likely N-dealkylation sites (N-methyl/N-ethyl adjacent to an activating group) is 2. The van der Waals surface area contributed by atoms with Crippen molar-refractivity contribution in [3.63, 3.8) is 0 Å². The predicted octanol–water partition coefficient (Wildman–Crippen LogP) is 2.30. The Morgan fingerprint density at radius 3 is 1.91 bits per heavy atom. The minimum atomic E-state index is -0.631. The van der Waals surface area contributed by atoms with Gasteiger partial charge in [-0.3, -0.25) is 28.9 Å². The summed E-state index contributed by atoms with van der Waals surface area (Å²) in [5, 5.41) is 2.51. The van der Waals surface area contributed by atoms with Crippen LogP contribution >= 0.6 is 0 Å². The second-order valence-electron chi connectivity index (χ2n) is 14.7. The number of ether oxygens (including phenoxy) is 2. The highest BCUT2D eigenvalue weighted by Crippen LogP contribution is 2.29. The van der Waals surface area contributed by atoms with Gasteiger partial charge in [0.15, 0.2) is 0 Å². The van der Waals surface area contributed by atoms with Crippen LogP contribution in [0.1, 0.15) is 79.2 Å². The first-order chi connectivity index (χ1) is 24.7. The topological polar surface area (TPSA) is 204 Å².